The number of carboxylic acid groups (broad SMARTS) is 1. The Bertz CT molecular complexity index is 1420. The minimum absolute atomic E-state index is 0.0295. The Labute approximate surface area is 230 Å². The fourth-order valence-electron chi connectivity index (χ4n) is 4.44. The van der Waals surface area contributed by atoms with Crippen LogP contribution in [0.1, 0.15) is 33.5 Å². The van der Waals surface area contributed by atoms with E-state index in [1.54, 1.807) is 29.2 Å². The van der Waals surface area contributed by atoms with E-state index in [0.29, 0.717) is 24.2 Å². The van der Waals surface area contributed by atoms with Gasteiger partial charge in [0.2, 0.25) is 5.91 Å². The third-order valence-corrected chi connectivity index (χ3v) is 6.40. The maximum Gasteiger partial charge on any atom is 0.573 e. The SMILES string of the molecule is O=C(O)c1ccccc1-c1ccc(CN(CCCc2ccccc2)C(=O)Cc2ccc(OC(F)(F)F)cc2)cc1. The van der Waals surface area contributed by atoms with E-state index >= 15 is 0 Å². The zero-order valence-corrected chi connectivity index (χ0v) is 21.6. The van der Waals surface area contributed by atoms with Gasteiger partial charge in [-0.15, -0.1) is 13.2 Å². The van der Waals surface area contributed by atoms with Crippen molar-refractivity contribution in [3.8, 4) is 16.9 Å². The van der Waals surface area contributed by atoms with Crippen LogP contribution in [0.15, 0.2) is 103 Å². The highest BCUT2D eigenvalue weighted by Crippen LogP contribution is 2.25. The summed E-state index contributed by atoms with van der Waals surface area (Å²) in [5.41, 5.74) is 4.18. The lowest BCUT2D eigenvalue weighted by Gasteiger charge is -2.23. The van der Waals surface area contributed by atoms with E-state index in [9.17, 15) is 27.9 Å². The van der Waals surface area contributed by atoms with Gasteiger partial charge in [-0.2, -0.15) is 0 Å². The lowest BCUT2D eigenvalue weighted by Crippen LogP contribution is -2.33. The molecule has 0 fully saturated rings. The van der Waals surface area contributed by atoms with Gasteiger partial charge in [-0.05, 0) is 58.9 Å². The number of ether oxygens (including phenoxy) is 1. The summed E-state index contributed by atoms with van der Waals surface area (Å²) >= 11 is 0. The quantitative estimate of drug-likeness (QED) is 0.217. The first-order chi connectivity index (χ1) is 19.2. The number of carboxylic acids is 1. The Morgan fingerprint density at radius 2 is 1.38 bits per heavy atom. The first kappa shape index (κ1) is 28.4. The summed E-state index contributed by atoms with van der Waals surface area (Å²) in [6.45, 7) is 0.830. The van der Waals surface area contributed by atoms with Gasteiger partial charge in [0.15, 0.2) is 0 Å². The molecule has 0 aromatic heterocycles. The molecule has 0 saturated heterocycles. The molecule has 4 rings (SSSR count). The van der Waals surface area contributed by atoms with Crippen molar-refractivity contribution in [3.05, 3.63) is 125 Å². The van der Waals surface area contributed by atoms with Gasteiger partial charge in [-0.25, -0.2) is 4.79 Å². The van der Waals surface area contributed by atoms with Crippen molar-refractivity contribution in [1.29, 1.82) is 0 Å². The molecule has 0 atom stereocenters. The molecule has 206 valence electrons. The molecule has 0 aliphatic heterocycles. The molecule has 0 aliphatic carbocycles. The van der Waals surface area contributed by atoms with Crippen molar-refractivity contribution < 1.29 is 32.6 Å². The maximum absolute atomic E-state index is 13.3. The minimum Gasteiger partial charge on any atom is -0.478 e. The summed E-state index contributed by atoms with van der Waals surface area (Å²) in [6.07, 6.45) is -3.23. The third kappa shape index (κ3) is 8.20. The number of halogens is 3. The zero-order valence-electron chi connectivity index (χ0n) is 21.6. The Kier molecular flexibility index (Phi) is 9.22. The predicted octanol–water partition coefficient (Wildman–Crippen LogP) is 7.15. The summed E-state index contributed by atoms with van der Waals surface area (Å²) in [4.78, 5) is 26.7. The standard InChI is InChI=1S/C32H28F3NO4/c33-32(34,35)40-27-18-14-24(15-19-27)21-30(37)36(20-6-9-23-7-2-1-3-8-23)22-25-12-16-26(17-13-25)28-10-4-5-11-29(28)31(38)39/h1-5,7-8,10-19H,6,9,20-22H2,(H,38,39). The lowest BCUT2D eigenvalue weighted by molar-refractivity contribution is -0.274. The fourth-order valence-corrected chi connectivity index (χ4v) is 4.44. The van der Waals surface area contributed by atoms with Gasteiger partial charge in [0.1, 0.15) is 5.75 Å². The number of carbonyl (C=O) groups is 2. The van der Waals surface area contributed by atoms with E-state index in [4.69, 9.17) is 0 Å². The summed E-state index contributed by atoms with van der Waals surface area (Å²) < 4.78 is 41.3. The van der Waals surface area contributed by atoms with Crippen LogP contribution in [0.4, 0.5) is 13.2 Å². The molecule has 1 amide bonds. The fraction of sp³-hybridized carbons (Fsp3) is 0.188. The number of rotatable bonds is 11. The molecule has 0 unspecified atom stereocenters. The second-order valence-electron chi connectivity index (χ2n) is 9.32. The number of hydrogen-bond donors (Lipinski definition) is 1. The van der Waals surface area contributed by atoms with Gasteiger partial charge in [-0.1, -0.05) is 84.9 Å². The third-order valence-electron chi connectivity index (χ3n) is 6.40. The van der Waals surface area contributed by atoms with Crippen LogP contribution in [0, 0.1) is 0 Å². The summed E-state index contributed by atoms with van der Waals surface area (Å²) in [5, 5.41) is 9.51. The topological polar surface area (TPSA) is 66.8 Å². The van der Waals surface area contributed by atoms with Crippen LogP contribution < -0.4 is 4.74 Å². The highest BCUT2D eigenvalue weighted by Gasteiger charge is 2.31. The van der Waals surface area contributed by atoms with Crippen LogP contribution in [-0.4, -0.2) is 34.8 Å². The average Bonchev–Trinajstić information content (AvgIpc) is 2.93. The smallest absolute Gasteiger partial charge is 0.478 e. The number of aromatic carboxylic acids is 1. The van der Waals surface area contributed by atoms with Crippen LogP contribution in [0.3, 0.4) is 0 Å². The highest BCUT2D eigenvalue weighted by atomic mass is 19.4. The normalized spacial score (nSPS) is 11.2. The van der Waals surface area contributed by atoms with Crippen LogP contribution >= 0.6 is 0 Å². The molecule has 8 heteroatoms. The molecule has 0 heterocycles. The predicted molar refractivity (Wildman–Crippen MR) is 146 cm³/mol. The van der Waals surface area contributed by atoms with Crippen LogP contribution in [0.2, 0.25) is 0 Å². The molecule has 4 aromatic carbocycles. The molecule has 1 N–H and O–H groups in total. The molecule has 0 aliphatic rings. The summed E-state index contributed by atoms with van der Waals surface area (Å²) in [7, 11) is 0. The van der Waals surface area contributed by atoms with Gasteiger partial charge in [0.05, 0.1) is 12.0 Å². The van der Waals surface area contributed by atoms with E-state index in [2.05, 4.69) is 4.74 Å². The largest absolute Gasteiger partial charge is 0.573 e. The van der Waals surface area contributed by atoms with Crippen LogP contribution in [0.25, 0.3) is 11.1 Å². The van der Waals surface area contributed by atoms with E-state index < -0.39 is 12.3 Å². The molecule has 4 aromatic rings. The van der Waals surface area contributed by atoms with Gasteiger partial charge < -0.3 is 14.7 Å². The molecule has 0 bridgehead atoms. The molecule has 0 spiro atoms. The van der Waals surface area contributed by atoms with Crippen molar-refractivity contribution in [3.63, 3.8) is 0 Å². The van der Waals surface area contributed by atoms with Gasteiger partial charge in [0.25, 0.3) is 0 Å². The van der Waals surface area contributed by atoms with E-state index in [0.717, 1.165) is 29.5 Å². The summed E-state index contributed by atoms with van der Waals surface area (Å²) in [6, 6.07) is 29.4. The molecule has 0 radical (unpaired) electrons. The van der Waals surface area contributed by atoms with E-state index in [-0.39, 0.29) is 23.6 Å². The van der Waals surface area contributed by atoms with Gasteiger partial charge in [-0.3, -0.25) is 4.79 Å². The molecular formula is C32H28F3NO4. The van der Waals surface area contributed by atoms with Crippen molar-refractivity contribution >= 4 is 11.9 Å². The van der Waals surface area contributed by atoms with E-state index in [1.807, 2.05) is 54.6 Å². The van der Waals surface area contributed by atoms with Crippen molar-refractivity contribution in [2.24, 2.45) is 0 Å². The average molecular weight is 548 g/mol. The lowest BCUT2D eigenvalue weighted by atomic mass is 9.98. The summed E-state index contributed by atoms with van der Waals surface area (Å²) in [5.74, 6) is -1.50. The second-order valence-corrected chi connectivity index (χ2v) is 9.32. The monoisotopic (exact) mass is 547 g/mol. The van der Waals surface area contributed by atoms with Crippen molar-refractivity contribution in [1.82, 2.24) is 4.90 Å². The number of aryl methyl sites for hydroxylation is 1. The number of nitrogens with zero attached hydrogens (tertiary/aromatic N) is 1. The first-order valence-corrected chi connectivity index (χ1v) is 12.8. The number of amides is 1. The number of benzene rings is 4. The van der Waals surface area contributed by atoms with Gasteiger partial charge >= 0.3 is 12.3 Å². The Morgan fingerprint density at radius 3 is 2.02 bits per heavy atom. The molecule has 0 saturated carbocycles. The molecule has 5 nitrogen and oxygen atoms in total. The van der Waals surface area contributed by atoms with Crippen LogP contribution in [0.5, 0.6) is 5.75 Å². The van der Waals surface area contributed by atoms with Crippen LogP contribution in [-0.2, 0) is 24.2 Å². The van der Waals surface area contributed by atoms with E-state index in [1.165, 1.54) is 24.3 Å². The zero-order chi connectivity index (χ0) is 28.5. The first-order valence-electron chi connectivity index (χ1n) is 12.8. The highest BCUT2D eigenvalue weighted by molar-refractivity contribution is 5.96. The number of carbonyl (C=O) groups excluding carboxylic acids is 1. The number of alkyl halides is 3. The van der Waals surface area contributed by atoms with Crippen molar-refractivity contribution in [2.45, 2.75) is 32.2 Å². The second kappa shape index (κ2) is 13.0. The Morgan fingerprint density at radius 1 is 0.750 bits per heavy atom. The Balaban J connectivity index is 1.47. The Hall–Kier alpha value is -4.59. The number of hydrogen-bond acceptors (Lipinski definition) is 3. The van der Waals surface area contributed by atoms with Gasteiger partial charge in [0, 0.05) is 13.1 Å². The van der Waals surface area contributed by atoms with Crippen molar-refractivity contribution in [2.75, 3.05) is 6.54 Å². The maximum atomic E-state index is 13.3. The molecule has 40 heavy (non-hydrogen) atoms. The molecular weight excluding hydrogens is 519 g/mol. The minimum atomic E-state index is -4.78.